The van der Waals surface area contributed by atoms with Gasteiger partial charge in [-0.2, -0.15) is 0 Å². The molecule has 18 heavy (non-hydrogen) atoms. The van der Waals surface area contributed by atoms with Gasteiger partial charge in [-0.15, -0.1) is 0 Å². The van der Waals surface area contributed by atoms with E-state index in [-0.39, 0.29) is 12.5 Å². The van der Waals surface area contributed by atoms with Crippen molar-refractivity contribution < 1.29 is 19.1 Å². The molecule has 106 valence electrons. The van der Waals surface area contributed by atoms with E-state index in [1.165, 1.54) is 7.11 Å². The number of carbonyl (C=O) groups is 2. The van der Waals surface area contributed by atoms with Crippen LogP contribution in [0.4, 0.5) is 4.79 Å². The first-order valence-corrected chi connectivity index (χ1v) is 6.01. The van der Waals surface area contributed by atoms with Gasteiger partial charge in [-0.3, -0.25) is 4.79 Å². The quantitative estimate of drug-likeness (QED) is 0.724. The topological polar surface area (TPSA) is 90.6 Å². The Kier molecular flexibility index (Phi) is 6.68. The van der Waals surface area contributed by atoms with E-state index < -0.39 is 23.7 Å². The van der Waals surface area contributed by atoms with E-state index in [1.54, 1.807) is 20.8 Å². The molecule has 3 N–H and O–H groups in total. The smallest absolute Gasteiger partial charge is 0.407 e. The van der Waals surface area contributed by atoms with Crippen LogP contribution in [0.3, 0.4) is 0 Å². The Morgan fingerprint density at radius 1 is 1.33 bits per heavy atom. The largest absolute Gasteiger partial charge is 0.469 e. The highest BCUT2D eigenvalue weighted by atomic mass is 16.6. The van der Waals surface area contributed by atoms with Crippen LogP contribution in [0, 0.1) is 0 Å². The Labute approximate surface area is 108 Å². The molecule has 1 amide bonds. The summed E-state index contributed by atoms with van der Waals surface area (Å²) in [5, 5.41) is 2.66. The third-order valence-corrected chi connectivity index (χ3v) is 2.29. The zero-order chi connectivity index (χ0) is 14.3. The molecule has 0 rings (SSSR count). The van der Waals surface area contributed by atoms with Crippen molar-refractivity contribution in [3.8, 4) is 0 Å². The maximum absolute atomic E-state index is 11.6. The van der Waals surface area contributed by atoms with Crippen molar-refractivity contribution in [2.75, 3.05) is 7.11 Å². The zero-order valence-electron chi connectivity index (χ0n) is 11.8. The van der Waals surface area contributed by atoms with E-state index in [0.29, 0.717) is 6.42 Å². The number of nitrogens with one attached hydrogen (secondary N) is 1. The molecule has 0 aromatic carbocycles. The van der Waals surface area contributed by atoms with Gasteiger partial charge in [0, 0.05) is 12.1 Å². The summed E-state index contributed by atoms with van der Waals surface area (Å²) in [5.74, 6) is -0.396. The number of rotatable bonds is 5. The van der Waals surface area contributed by atoms with Crippen molar-refractivity contribution in [2.24, 2.45) is 5.73 Å². The molecule has 0 heterocycles. The van der Waals surface area contributed by atoms with Crippen LogP contribution in [0.15, 0.2) is 0 Å². The minimum Gasteiger partial charge on any atom is -0.469 e. The van der Waals surface area contributed by atoms with E-state index in [0.717, 1.165) is 0 Å². The summed E-state index contributed by atoms with van der Waals surface area (Å²) in [6.07, 6.45) is 0.136. The van der Waals surface area contributed by atoms with Crippen LogP contribution in [-0.4, -0.2) is 36.9 Å². The van der Waals surface area contributed by atoms with Gasteiger partial charge in [-0.25, -0.2) is 4.79 Å². The fourth-order valence-electron chi connectivity index (χ4n) is 1.39. The fraction of sp³-hybridized carbons (Fsp3) is 0.833. The number of ether oxygens (including phenoxy) is 2. The predicted octanol–water partition coefficient (Wildman–Crippen LogP) is 1.18. The van der Waals surface area contributed by atoms with Gasteiger partial charge < -0.3 is 20.5 Å². The van der Waals surface area contributed by atoms with Crippen molar-refractivity contribution >= 4 is 12.1 Å². The van der Waals surface area contributed by atoms with Crippen molar-refractivity contribution in [1.82, 2.24) is 5.32 Å². The van der Waals surface area contributed by atoms with Crippen molar-refractivity contribution in [2.45, 2.75) is 58.2 Å². The highest BCUT2D eigenvalue weighted by Gasteiger charge is 2.24. The molecule has 0 radical (unpaired) electrons. The number of carbonyl (C=O) groups excluding carboxylic acids is 2. The van der Waals surface area contributed by atoms with Crippen LogP contribution in [0.2, 0.25) is 0 Å². The molecule has 0 saturated carbocycles. The van der Waals surface area contributed by atoms with E-state index in [4.69, 9.17) is 10.5 Å². The Morgan fingerprint density at radius 3 is 2.28 bits per heavy atom. The first-order chi connectivity index (χ1) is 8.19. The van der Waals surface area contributed by atoms with Crippen LogP contribution < -0.4 is 11.1 Å². The van der Waals surface area contributed by atoms with Gasteiger partial charge in [0.2, 0.25) is 0 Å². The van der Waals surface area contributed by atoms with Crippen LogP contribution in [0.25, 0.3) is 0 Å². The van der Waals surface area contributed by atoms with Crippen molar-refractivity contribution in [1.29, 1.82) is 0 Å². The molecule has 0 aromatic rings. The number of hydrogen-bond acceptors (Lipinski definition) is 5. The lowest BCUT2D eigenvalue weighted by molar-refractivity contribution is -0.141. The second kappa shape index (κ2) is 7.20. The van der Waals surface area contributed by atoms with Gasteiger partial charge in [0.25, 0.3) is 0 Å². The van der Waals surface area contributed by atoms with E-state index in [9.17, 15) is 9.59 Å². The maximum atomic E-state index is 11.6. The molecule has 2 atom stereocenters. The van der Waals surface area contributed by atoms with Crippen molar-refractivity contribution in [3.63, 3.8) is 0 Å². The van der Waals surface area contributed by atoms with E-state index in [2.05, 4.69) is 10.1 Å². The number of methoxy groups -OCH3 is 1. The number of esters is 1. The predicted molar refractivity (Wildman–Crippen MR) is 68.1 cm³/mol. The van der Waals surface area contributed by atoms with Gasteiger partial charge in [0.15, 0.2) is 0 Å². The molecule has 0 fully saturated rings. The van der Waals surface area contributed by atoms with Crippen LogP contribution >= 0.6 is 0 Å². The van der Waals surface area contributed by atoms with Gasteiger partial charge in [-0.05, 0) is 27.2 Å². The zero-order valence-corrected chi connectivity index (χ0v) is 11.8. The second-order valence-corrected chi connectivity index (χ2v) is 5.11. The average Bonchev–Trinajstić information content (AvgIpc) is 2.22. The molecule has 0 aliphatic carbocycles. The third kappa shape index (κ3) is 7.11. The van der Waals surface area contributed by atoms with Gasteiger partial charge in [-0.1, -0.05) is 6.92 Å². The SMILES string of the molecule is CCC(NC(=O)OC(C)(C)C)C(N)CC(=O)OC. The number of hydrogen-bond donors (Lipinski definition) is 2. The summed E-state index contributed by atoms with van der Waals surface area (Å²) < 4.78 is 9.67. The molecular weight excluding hydrogens is 236 g/mol. The first-order valence-electron chi connectivity index (χ1n) is 6.01. The molecular formula is C12H24N2O4. The molecule has 6 nitrogen and oxygen atoms in total. The lowest BCUT2D eigenvalue weighted by Crippen LogP contribution is -2.49. The number of nitrogens with two attached hydrogens (primary N) is 1. The fourth-order valence-corrected chi connectivity index (χ4v) is 1.39. The average molecular weight is 260 g/mol. The van der Waals surface area contributed by atoms with E-state index >= 15 is 0 Å². The molecule has 0 aromatic heterocycles. The monoisotopic (exact) mass is 260 g/mol. The normalized spacial score (nSPS) is 14.6. The first kappa shape index (κ1) is 16.7. The second-order valence-electron chi connectivity index (χ2n) is 5.11. The Bertz CT molecular complexity index is 286. The molecule has 0 bridgehead atoms. The standard InChI is InChI=1S/C12H24N2O4/c1-6-9(8(13)7-10(15)17-5)14-11(16)18-12(2,3)4/h8-9H,6-7,13H2,1-5H3,(H,14,16). The highest BCUT2D eigenvalue weighted by Crippen LogP contribution is 2.08. The number of alkyl carbamates (subject to hydrolysis) is 1. The molecule has 6 heteroatoms. The summed E-state index contributed by atoms with van der Waals surface area (Å²) in [6.45, 7) is 7.21. The minimum atomic E-state index is -0.561. The maximum Gasteiger partial charge on any atom is 0.407 e. The van der Waals surface area contributed by atoms with Crippen LogP contribution in [0.1, 0.15) is 40.5 Å². The molecule has 0 saturated heterocycles. The molecule has 2 unspecified atom stereocenters. The Morgan fingerprint density at radius 2 is 1.89 bits per heavy atom. The molecule has 0 aliphatic rings. The van der Waals surface area contributed by atoms with Gasteiger partial charge in [0.1, 0.15) is 5.60 Å². The van der Waals surface area contributed by atoms with Crippen molar-refractivity contribution in [3.05, 3.63) is 0 Å². The Hall–Kier alpha value is -1.30. The van der Waals surface area contributed by atoms with Gasteiger partial charge >= 0.3 is 12.1 Å². The Balaban J connectivity index is 4.33. The highest BCUT2D eigenvalue weighted by molar-refractivity contribution is 5.71. The van der Waals surface area contributed by atoms with Crippen LogP contribution in [0.5, 0.6) is 0 Å². The third-order valence-electron chi connectivity index (χ3n) is 2.29. The van der Waals surface area contributed by atoms with Gasteiger partial charge in [0.05, 0.1) is 13.5 Å². The summed E-state index contributed by atoms with van der Waals surface area (Å²) >= 11 is 0. The summed E-state index contributed by atoms with van der Waals surface area (Å²) in [6, 6.07) is -0.811. The summed E-state index contributed by atoms with van der Waals surface area (Å²) in [5.41, 5.74) is 5.29. The number of amides is 1. The molecule has 0 spiro atoms. The minimum absolute atomic E-state index is 0.0603. The lowest BCUT2D eigenvalue weighted by atomic mass is 10.0. The van der Waals surface area contributed by atoms with Crippen LogP contribution in [-0.2, 0) is 14.3 Å². The lowest BCUT2D eigenvalue weighted by Gasteiger charge is -2.26. The van der Waals surface area contributed by atoms with E-state index in [1.807, 2.05) is 6.92 Å². The summed E-state index contributed by atoms with van der Waals surface area (Å²) in [4.78, 5) is 22.7. The molecule has 0 aliphatic heterocycles. The summed E-state index contributed by atoms with van der Waals surface area (Å²) in [7, 11) is 1.30.